The Hall–Kier alpha value is -3.78. The van der Waals surface area contributed by atoms with Crippen molar-refractivity contribution in [1.29, 1.82) is 0 Å². The summed E-state index contributed by atoms with van der Waals surface area (Å²) in [4.78, 5) is 37.7. The summed E-state index contributed by atoms with van der Waals surface area (Å²) < 4.78 is 2.17. The van der Waals surface area contributed by atoms with E-state index in [1.165, 1.54) is 17.4 Å². The third-order valence-corrected chi connectivity index (χ3v) is 8.36. The minimum Gasteiger partial charge on any atom is -0.339 e. The van der Waals surface area contributed by atoms with E-state index >= 15 is 0 Å². The average Bonchev–Trinajstić information content (AvgIpc) is 3.60. The Balaban J connectivity index is 1.24. The van der Waals surface area contributed by atoms with Crippen molar-refractivity contribution in [2.24, 2.45) is 5.41 Å². The fourth-order valence-corrected chi connectivity index (χ4v) is 6.39. The molecule has 176 valence electrons. The van der Waals surface area contributed by atoms with Gasteiger partial charge in [-0.2, -0.15) is 0 Å². The van der Waals surface area contributed by atoms with Crippen LogP contribution >= 0.6 is 11.3 Å². The normalized spacial score (nSPS) is 21.3. The van der Waals surface area contributed by atoms with Crippen molar-refractivity contribution in [2.45, 2.75) is 25.3 Å². The molecule has 2 amide bonds. The number of benzene rings is 1. The molecule has 1 spiro atoms. The lowest BCUT2D eigenvalue weighted by Crippen LogP contribution is -2.42. The number of amides is 2. The zero-order valence-corrected chi connectivity index (χ0v) is 20.0. The predicted octanol–water partition coefficient (Wildman–Crippen LogP) is 5.15. The zero-order chi connectivity index (χ0) is 24.0. The Kier molecular flexibility index (Phi) is 5.25. The van der Waals surface area contributed by atoms with E-state index in [0.29, 0.717) is 10.8 Å². The van der Waals surface area contributed by atoms with Crippen molar-refractivity contribution in [3.05, 3.63) is 78.5 Å². The Morgan fingerprint density at radius 2 is 2.00 bits per heavy atom. The van der Waals surface area contributed by atoms with Crippen LogP contribution in [0.25, 0.3) is 21.5 Å². The maximum atomic E-state index is 13.2. The van der Waals surface area contributed by atoms with Gasteiger partial charge in [0, 0.05) is 42.0 Å². The molecule has 4 aromatic rings. The van der Waals surface area contributed by atoms with Crippen LogP contribution in [-0.2, 0) is 4.79 Å². The molecule has 0 radical (unpaired) electrons. The largest absolute Gasteiger partial charge is 0.339 e. The lowest BCUT2D eigenvalue weighted by molar-refractivity contribution is -0.125. The number of rotatable bonds is 5. The molecule has 8 heteroatoms. The molecular weight excluding hydrogens is 458 g/mol. The second kappa shape index (κ2) is 8.46. The van der Waals surface area contributed by atoms with Gasteiger partial charge in [-0.1, -0.05) is 24.8 Å². The summed E-state index contributed by atoms with van der Waals surface area (Å²) in [6, 6.07) is 15.9. The summed E-state index contributed by atoms with van der Waals surface area (Å²) in [6.07, 6.45) is 7.86. The fraction of sp³-hybridized carbons (Fsp3) is 0.259. The number of nitrogens with one attached hydrogen (secondary N) is 1. The van der Waals surface area contributed by atoms with E-state index in [2.05, 4.69) is 27.5 Å². The van der Waals surface area contributed by atoms with E-state index in [-0.39, 0.29) is 23.3 Å². The number of pyridine rings is 1. The van der Waals surface area contributed by atoms with Crippen LogP contribution in [0.5, 0.6) is 0 Å². The van der Waals surface area contributed by atoms with Crippen molar-refractivity contribution in [1.82, 2.24) is 19.4 Å². The first-order chi connectivity index (χ1) is 17.0. The Bertz CT molecular complexity index is 1430. The molecule has 6 rings (SSSR count). The number of aromatic nitrogens is 3. The molecule has 2 aliphatic rings. The van der Waals surface area contributed by atoms with Crippen LogP contribution in [0.1, 0.15) is 35.0 Å². The molecule has 0 bridgehead atoms. The van der Waals surface area contributed by atoms with Crippen LogP contribution in [0.3, 0.4) is 0 Å². The summed E-state index contributed by atoms with van der Waals surface area (Å²) in [5.41, 5.74) is 3.01. The van der Waals surface area contributed by atoms with Gasteiger partial charge >= 0.3 is 0 Å². The third-order valence-electron chi connectivity index (χ3n) is 7.22. The van der Waals surface area contributed by atoms with Crippen LogP contribution in [0.4, 0.5) is 5.95 Å². The highest BCUT2D eigenvalue weighted by Crippen LogP contribution is 2.55. The summed E-state index contributed by atoms with van der Waals surface area (Å²) in [5.74, 6) is 0.414. The van der Waals surface area contributed by atoms with E-state index in [1.807, 2.05) is 47.4 Å². The summed E-state index contributed by atoms with van der Waals surface area (Å²) in [5, 5.41) is 3.08. The highest BCUT2D eigenvalue weighted by atomic mass is 32.1. The Morgan fingerprint density at radius 3 is 2.80 bits per heavy atom. The minimum absolute atomic E-state index is 0.00737. The molecule has 1 aliphatic heterocycles. The Labute approximate surface area is 207 Å². The van der Waals surface area contributed by atoms with E-state index in [0.717, 1.165) is 53.8 Å². The zero-order valence-electron chi connectivity index (χ0n) is 19.2. The lowest BCUT2D eigenvalue weighted by atomic mass is 9.65. The predicted molar refractivity (Wildman–Crippen MR) is 137 cm³/mol. The van der Waals surface area contributed by atoms with Crippen LogP contribution in [0.2, 0.25) is 0 Å². The molecule has 3 aromatic heterocycles. The number of thiophene rings is 1. The first kappa shape index (κ1) is 21.7. The lowest BCUT2D eigenvalue weighted by Gasteiger charge is -2.46. The molecule has 1 aliphatic carbocycles. The number of imidazole rings is 1. The average molecular weight is 484 g/mol. The van der Waals surface area contributed by atoms with Crippen molar-refractivity contribution in [3.8, 4) is 10.4 Å². The number of hydrogen-bond donors (Lipinski definition) is 1. The molecule has 4 heterocycles. The number of likely N-dealkylation sites (tertiary alicyclic amines) is 1. The molecular formula is C27H25N5O2S. The fourth-order valence-electron chi connectivity index (χ4n) is 5.50. The quantitative estimate of drug-likeness (QED) is 0.398. The van der Waals surface area contributed by atoms with Crippen molar-refractivity contribution < 1.29 is 9.59 Å². The van der Waals surface area contributed by atoms with Gasteiger partial charge in [0.25, 0.3) is 5.91 Å². The van der Waals surface area contributed by atoms with Gasteiger partial charge in [-0.25, -0.2) is 4.98 Å². The topological polar surface area (TPSA) is 80.1 Å². The summed E-state index contributed by atoms with van der Waals surface area (Å²) in [6.45, 7) is 5.18. The van der Waals surface area contributed by atoms with Gasteiger partial charge < -0.3 is 9.47 Å². The standard InChI is InChI=1S/C27H25N5O2S/c1-2-24(33)31-13-11-27(17-31)14-19(15-27)32-21-8-4-3-7-20(21)29-26(32)30-25(34)23-10-9-22(35-23)18-6-5-12-28-16-18/h2-10,12,16,19H,1,11,13-15,17H2,(H,29,30,34)/t19-,27-. The molecule has 7 nitrogen and oxygen atoms in total. The minimum atomic E-state index is -0.167. The van der Waals surface area contributed by atoms with E-state index < -0.39 is 0 Å². The first-order valence-electron chi connectivity index (χ1n) is 11.8. The highest BCUT2D eigenvalue weighted by Gasteiger charge is 2.50. The summed E-state index contributed by atoms with van der Waals surface area (Å²) >= 11 is 1.44. The number of carbonyl (C=O) groups is 2. The monoisotopic (exact) mass is 483 g/mol. The van der Waals surface area contributed by atoms with E-state index in [1.54, 1.807) is 12.4 Å². The third kappa shape index (κ3) is 3.83. The maximum Gasteiger partial charge on any atom is 0.268 e. The molecule has 1 saturated carbocycles. The maximum absolute atomic E-state index is 13.2. The van der Waals surface area contributed by atoms with E-state index in [9.17, 15) is 9.59 Å². The number of hydrogen-bond acceptors (Lipinski definition) is 5. The number of nitrogens with zero attached hydrogens (tertiary/aromatic N) is 4. The second-order valence-corrected chi connectivity index (χ2v) is 10.5. The molecule has 1 saturated heterocycles. The van der Waals surface area contributed by atoms with Crippen molar-refractivity contribution >= 4 is 40.1 Å². The van der Waals surface area contributed by atoms with Crippen LogP contribution in [0, 0.1) is 5.41 Å². The first-order valence-corrected chi connectivity index (χ1v) is 12.6. The molecule has 0 unspecified atom stereocenters. The van der Waals surface area contributed by atoms with Crippen LogP contribution in [0.15, 0.2) is 73.6 Å². The van der Waals surface area contributed by atoms with Crippen molar-refractivity contribution in [2.75, 3.05) is 18.4 Å². The van der Waals surface area contributed by atoms with Gasteiger partial charge in [-0.05, 0) is 61.1 Å². The van der Waals surface area contributed by atoms with Crippen LogP contribution in [-0.4, -0.2) is 44.3 Å². The van der Waals surface area contributed by atoms with Gasteiger partial charge in [0.05, 0.1) is 15.9 Å². The van der Waals surface area contributed by atoms with E-state index in [4.69, 9.17) is 4.98 Å². The van der Waals surface area contributed by atoms with Crippen molar-refractivity contribution in [3.63, 3.8) is 0 Å². The van der Waals surface area contributed by atoms with Gasteiger partial charge in [0.1, 0.15) is 0 Å². The van der Waals surface area contributed by atoms with Gasteiger partial charge in [0.15, 0.2) is 0 Å². The second-order valence-electron chi connectivity index (χ2n) is 9.43. The number of fused-ring (bicyclic) bond motifs is 1. The number of para-hydroxylation sites is 2. The Morgan fingerprint density at radius 1 is 1.14 bits per heavy atom. The highest BCUT2D eigenvalue weighted by molar-refractivity contribution is 7.17. The van der Waals surface area contributed by atoms with Gasteiger partial charge in [0.2, 0.25) is 11.9 Å². The molecule has 1 N–H and O–H groups in total. The number of carbonyl (C=O) groups excluding carboxylic acids is 2. The molecule has 1 aromatic carbocycles. The molecule has 35 heavy (non-hydrogen) atoms. The number of anilines is 1. The summed E-state index contributed by atoms with van der Waals surface area (Å²) in [7, 11) is 0. The molecule has 2 fully saturated rings. The smallest absolute Gasteiger partial charge is 0.268 e. The molecule has 0 atom stereocenters. The van der Waals surface area contributed by atoms with Gasteiger partial charge in [-0.3, -0.25) is 19.9 Å². The van der Waals surface area contributed by atoms with Crippen LogP contribution < -0.4 is 5.32 Å². The SMILES string of the molecule is C=CC(=O)N1CC[C@]2(C1)C[C@H](n1c(NC(=O)c3ccc(-c4cccnc4)s3)nc3ccccc31)C2. The van der Waals surface area contributed by atoms with Gasteiger partial charge in [-0.15, -0.1) is 11.3 Å².